The van der Waals surface area contributed by atoms with Gasteiger partial charge in [-0.05, 0) is 24.3 Å². The van der Waals surface area contributed by atoms with Crippen molar-refractivity contribution in [3.63, 3.8) is 0 Å². The molecular formula is C16H12N4O3. The Hall–Kier alpha value is -3.35. The SMILES string of the molecule is O=C1COc2cc(NC(=O)c3cn4ccccc4n3)ccc2N1. The van der Waals surface area contributed by atoms with Crippen molar-refractivity contribution in [1.82, 2.24) is 9.38 Å². The lowest BCUT2D eigenvalue weighted by atomic mass is 10.2. The number of benzene rings is 1. The Bertz CT molecular complexity index is 899. The quantitative estimate of drug-likeness (QED) is 0.757. The molecule has 7 heteroatoms. The van der Waals surface area contributed by atoms with Crippen LogP contribution in [0.4, 0.5) is 11.4 Å². The van der Waals surface area contributed by atoms with E-state index in [-0.39, 0.29) is 18.4 Å². The molecule has 2 amide bonds. The smallest absolute Gasteiger partial charge is 0.275 e. The fourth-order valence-electron chi connectivity index (χ4n) is 2.39. The van der Waals surface area contributed by atoms with Gasteiger partial charge in [0, 0.05) is 24.1 Å². The summed E-state index contributed by atoms with van der Waals surface area (Å²) >= 11 is 0. The monoisotopic (exact) mass is 308 g/mol. The van der Waals surface area contributed by atoms with Gasteiger partial charge >= 0.3 is 0 Å². The van der Waals surface area contributed by atoms with Gasteiger partial charge in [-0.15, -0.1) is 0 Å². The number of carbonyl (C=O) groups is 2. The Morgan fingerprint density at radius 3 is 3.09 bits per heavy atom. The summed E-state index contributed by atoms with van der Waals surface area (Å²) in [7, 11) is 0. The molecule has 0 aliphatic carbocycles. The molecule has 0 unspecified atom stereocenters. The van der Waals surface area contributed by atoms with E-state index in [1.165, 1.54) is 0 Å². The minimum absolute atomic E-state index is 0.0309. The first-order valence-electron chi connectivity index (χ1n) is 7.01. The second-order valence-corrected chi connectivity index (χ2v) is 5.09. The lowest BCUT2D eigenvalue weighted by molar-refractivity contribution is -0.118. The van der Waals surface area contributed by atoms with Crippen molar-refractivity contribution in [2.75, 3.05) is 17.2 Å². The van der Waals surface area contributed by atoms with Gasteiger partial charge in [0.2, 0.25) is 0 Å². The highest BCUT2D eigenvalue weighted by Crippen LogP contribution is 2.30. The van der Waals surface area contributed by atoms with Crippen LogP contribution in [0.15, 0.2) is 48.8 Å². The fourth-order valence-corrected chi connectivity index (χ4v) is 2.39. The molecule has 7 nitrogen and oxygen atoms in total. The Kier molecular flexibility index (Phi) is 2.97. The number of rotatable bonds is 2. The van der Waals surface area contributed by atoms with Crippen LogP contribution in [-0.2, 0) is 4.79 Å². The van der Waals surface area contributed by atoms with Crippen LogP contribution in [0.3, 0.4) is 0 Å². The summed E-state index contributed by atoms with van der Waals surface area (Å²) in [6.45, 7) is -0.0309. The average Bonchev–Trinajstić information content (AvgIpc) is 2.99. The number of amides is 2. The van der Waals surface area contributed by atoms with Crippen LogP contribution in [-0.4, -0.2) is 27.8 Å². The molecule has 114 valence electrons. The maximum absolute atomic E-state index is 12.3. The van der Waals surface area contributed by atoms with E-state index >= 15 is 0 Å². The molecule has 3 aromatic rings. The summed E-state index contributed by atoms with van der Waals surface area (Å²) in [6, 6.07) is 10.6. The van der Waals surface area contributed by atoms with Crippen molar-refractivity contribution in [3.05, 3.63) is 54.5 Å². The molecule has 1 aromatic carbocycles. The van der Waals surface area contributed by atoms with E-state index in [4.69, 9.17) is 4.74 Å². The second-order valence-electron chi connectivity index (χ2n) is 5.09. The highest BCUT2D eigenvalue weighted by atomic mass is 16.5. The van der Waals surface area contributed by atoms with Gasteiger partial charge in [0.25, 0.3) is 11.8 Å². The zero-order valence-corrected chi connectivity index (χ0v) is 11.9. The van der Waals surface area contributed by atoms with Crippen LogP contribution in [0, 0.1) is 0 Å². The Morgan fingerprint density at radius 2 is 2.22 bits per heavy atom. The number of anilines is 2. The van der Waals surface area contributed by atoms with Crippen LogP contribution in [0.1, 0.15) is 10.5 Å². The van der Waals surface area contributed by atoms with E-state index in [1.54, 1.807) is 28.8 Å². The van der Waals surface area contributed by atoms with E-state index < -0.39 is 0 Å². The van der Waals surface area contributed by atoms with Gasteiger partial charge in [0.1, 0.15) is 17.1 Å². The minimum atomic E-state index is -0.312. The van der Waals surface area contributed by atoms with Gasteiger partial charge in [0.15, 0.2) is 6.61 Å². The molecule has 1 aliphatic heterocycles. The Morgan fingerprint density at radius 1 is 1.30 bits per heavy atom. The van der Waals surface area contributed by atoms with Crippen LogP contribution >= 0.6 is 0 Å². The predicted octanol–water partition coefficient (Wildman–Crippen LogP) is 1.92. The maximum atomic E-state index is 12.3. The Labute approximate surface area is 130 Å². The highest BCUT2D eigenvalue weighted by Gasteiger charge is 2.17. The van der Waals surface area contributed by atoms with Crippen molar-refractivity contribution >= 4 is 28.8 Å². The van der Waals surface area contributed by atoms with E-state index in [0.717, 1.165) is 0 Å². The van der Waals surface area contributed by atoms with Crippen LogP contribution < -0.4 is 15.4 Å². The highest BCUT2D eigenvalue weighted by molar-refractivity contribution is 6.04. The summed E-state index contributed by atoms with van der Waals surface area (Å²) in [5, 5.41) is 5.47. The maximum Gasteiger partial charge on any atom is 0.275 e. The first kappa shape index (κ1) is 13.3. The number of imidazole rings is 1. The summed E-state index contributed by atoms with van der Waals surface area (Å²) in [5.74, 6) is 0.0184. The lowest BCUT2D eigenvalue weighted by Crippen LogP contribution is -2.25. The number of hydrogen-bond acceptors (Lipinski definition) is 4. The zero-order chi connectivity index (χ0) is 15.8. The van der Waals surface area contributed by atoms with Crippen molar-refractivity contribution in [3.8, 4) is 5.75 Å². The van der Waals surface area contributed by atoms with Gasteiger partial charge in [-0.2, -0.15) is 0 Å². The van der Waals surface area contributed by atoms with E-state index in [0.29, 0.717) is 28.5 Å². The first-order chi connectivity index (χ1) is 11.2. The molecule has 0 fully saturated rings. The predicted molar refractivity (Wildman–Crippen MR) is 83.7 cm³/mol. The number of ether oxygens (including phenoxy) is 1. The molecule has 0 spiro atoms. The fraction of sp³-hybridized carbons (Fsp3) is 0.0625. The normalized spacial score (nSPS) is 13.1. The molecule has 23 heavy (non-hydrogen) atoms. The summed E-state index contributed by atoms with van der Waals surface area (Å²) in [5.41, 5.74) is 2.19. The standard InChI is InChI=1S/C16H12N4O3/c21-15-9-23-13-7-10(4-5-11(13)19-15)17-16(22)12-8-20-6-2-1-3-14(20)18-12/h1-8H,9H2,(H,17,22)(H,19,21). The Balaban J connectivity index is 1.57. The molecule has 0 radical (unpaired) electrons. The van der Waals surface area contributed by atoms with E-state index in [1.807, 2.05) is 24.4 Å². The molecule has 4 rings (SSSR count). The molecular weight excluding hydrogens is 296 g/mol. The molecule has 3 heterocycles. The van der Waals surface area contributed by atoms with Crippen molar-refractivity contribution in [1.29, 1.82) is 0 Å². The number of nitrogens with one attached hydrogen (secondary N) is 2. The van der Waals surface area contributed by atoms with Crippen LogP contribution in [0.25, 0.3) is 5.65 Å². The number of nitrogens with zero attached hydrogens (tertiary/aromatic N) is 2. The molecule has 2 N–H and O–H groups in total. The number of hydrogen-bond donors (Lipinski definition) is 2. The molecule has 1 aliphatic rings. The van der Waals surface area contributed by atoms with Crippen LogP contribution in [0.2, 0.25) is 0 Å². The summed E-state index contributed by atoms with van der Waals surface area (Å²) in [6.07, 6.45) is 3.49. The zero-order valence-electron chi connectivity index (χ0n) is 11.9. The molecule has 0 atom stereocenters. The van der Waals surface area contributed by atoms with Crippen LogP contribution in [0.5, 0.6) is 5.75 Å². The third-order valence-electron chi connectivity index (χ3n) is 3.47. The topological polar surface area (TPSA) is 84.7 Å². The largest absolute Gasteiger partial charge is 0.482 e. The third-order valence-corrected chi connectivity index (χ3v) is 3.47. The number of pyridine rings is 1. The molecule has 0 saturated heterocycles. The van der Waals surface area contributed by atoms with Gasteiger partial charge in [-0.3, -0.25) is 9.59 Å². The number of aromatic nitrogens is 2. The lowest BCUT2D eigenvalue weighted by Gasteiger charge is -2.18. The second kappa shape index (κ2) is 5.13. The first-order valence-corrected chi connectivity index (χ1v) is 7.01. The number of carbonyl (C=O) groups excluding carboxylic acids is 2. The molecule has 2 aromatic heterocycles. The average molecular weight is 308 g/mol. The van der Waals surface area contributed by atoms with Crippen molar-refractivity contribution in [2.24, 2.45) is 0 Å². The summed E-state index contributed by atoms with van der Waals surface area (Å²) < 4.78 is 7.11. The van der Waals surface area contributed by atoms with Crippen molar-refractivity contribution < 1.29 is 14.3 Å². The number of fused-ring (bicyclic) bond motifs is 2. The van der Waals surface area contributed by atoms with Crippen molar-refractivity contribution in [2.45, 2.75) is 0 Å². The van der Waals surface area contributed by atoms with E-state index in [2.05, 4.69) is 15.6 Å². The molecule has 0 saturated carbocycles. The molecule has 0 bridgehead atoms. The third kappa shape index (κ3) is 2.48. The minimum Gasteiger partial charge on any atom is -0.482 e. The van der Waals surface area contributed by atoms with Gasteiger partial charge < -0.3 is 19.8 Å². The van der Waals surface area contributed by atoms with Gasteiger partial charge in [0.05, 0.1) is 5.69 Å². The summed E-state index contributed by atoms with van der Waals surface area (Å²) in [4.78, 5) is 27.8. The van der Waals surface area contributed by atoms with Gasteiger partial charge in [-0.25, -0.2) is 4.98 Å². The van der Waals surface area contributed by atoms with E-state index in [9.17, 15) is 9.59 Å². The van der Waals surface area contributed by atoms with Gasteiger partial charge in [-0.1, -0.05) is 6.07 Å².